The molecule has 0 spiro atoms. The fourth-order valence-corrected chi connectivity index (χ4v) is 2.58. The lowest BCUT2D eigenvalue weighted by atomic mass is 9.78. The van der Waals surface area contributed by atoms with Crippen molar-refractivity contribution >= 4 is 0 Å². The number of rotatable bonds is 8. The number of hydrogen-bond acceptors (Lipinski definition) is 3. The van der Waals surface area contributed by atoms with Crippen molar-refractivity contribution in [2.75, 3.05) is 0 Å². The Morgan fingerprint density at radius 1 is 1.37 bits per heavy atom. The third-order valence-corrected chi connectivity index (χ3v) is 4.05. The standard InChI is InChI=1S/C16H27NO2/c1-4-6-9-14(5-2)16(3,19)15(18)11-13-8-7-10-17-12-13/h7-8,10,12,14-15,18-19H,4-6,9,11H2,1-3H3. The zero-order chi connectivity index (χ0) is 14.3. The summed E-state index contributed by atoms with van der Waals surface area (Å²) in [6.45, 7) is 5.98. The monoisotopic (exact) mass is 265 g/mol. The number of unbranched alkanes of at least 4 members (excludes halogenated alkanes) is 1. The predicted octanol–water partition coefficient (Wildman–Crippen LogP) is 2.95. The maximum atomic E-state index is 10.7. The molecule has 1 heterocycles. The van der Waals surface area contributed by atoms with Crippen molar-refractivity contribution < 1.29 is 10.2 Å². The molecule has 3 unspecified atom stereocenters. The third kappa shape index (κ3) is 4.59. The first kappa shape index (κ1) is 16.1. The largest absolute Gasteiger partial charge is 0.390 e. The van der Waals surface area contributed by atoms with Gasteiger partial charge in [0, 0.05) is 18.8 Å². The Kier molecular flexibility index (Phi) is 6.46. The highest BCUT2D eigenvalue weighted by Crippen LogP contribution is 2.30. The molecule has 19 heavy (non-hydrogen) atoms. The molecule has 0 saturated heterocycles. The van der Waals surface area contributed by atoms with Gasteiger partial charge >= 0.3 is 0 Å². The van der Waals surface area contributed by atoms with E-state index in [0.29, 0.717) is 6.42 Å². The molecule has 3 heteroatoms. The lowest BCUT2D eigenvalue weighted by Crippen LogP contribution is -2.47. The minimum absolute atomic E-state index is 0.138. The van der Waals surface area contributed by atoms with E-state index in [1.54, 1.807) is 19.3 Å². The van der Waals surface area contributed by atoms with Gasteiger partial charge in [0.05, 0.1) is 11.7 Å². The van der Waals surface area contributed by atoms with Crippen LogP contribution >= 0.6 is 0 Å². The molecule has 0 radical (unpaired) electrons. The normalized spacial score (nSPS) is 17.7. The third-order valence-electron chi connectivity index (χ3n) is 4.05. The van der Waals surface area contributed by atoms with E-state index in [1.165, 1.54) is 0 Å². The van der Waals surface area contributed by atoms with E-state index in [4.69, 9.17) is 0 Å². The molecule has 0 bridgehead atoms. The Bertz CT molecular complexity index is 351. The molecular formula is C16H27NO2. The summed E-state index contributed by atoms with van der Waals surface area (Å²) in [5.41, 5.74) is -0.0830. The van der Waals surface area contributed by atoms with E-state index in [1.807, 2.05) is 12.1 Å². The molecule has 0 fully saturated rings. The van der Waals surface area contributed by atoms with Crippen molar-refractivity contribution in [3.63, 3.8) is 0 Å². The van der Waals surface area contributed by atoms with Crippen LogP contribution in [0.25, 0.3) is 0 Å². The van der Waals surface area contributed by atoms with E-state index < -0.39 is 11.7 Å². The highest BCUT2D eigenvalue weighted by atomic mass is 16.3. The molecule has 0 aromatic carbocycles. The van der Waals surface area contributed by atoms with Crippen LogP contribution in [0, 0.1) is 5.92 Å². The molecule has 0 aliphatic carbocycles. The molecule has 1 rings (SSSR count). The highest BCUT2D eigenvalue weighted by molar-refractivity contribution is 5.11. The lowest BCUT2D eigenvalue weighted by molar-refractivity contribution is -0.103. The van der Waals surface area contributed by atoms with Crippen molar-refractivity contribution in [1.82, 2.24) is 4.98 Å². The Labute approximate surface area is 116 Å². The summed E-state index contributed by atoms with van der Waals surface area (Å²) in [5, 5.41) is 21.0. The van der Waals surface area contributed by atoms with Crippen LogP contribution in [0.2, 0.25) is 0 Å². The molecule has 108 valence electrons. The quantitative estimate of drug-likeness (QED) is 0.760. The molecule has 3 nitrogen and oxygen atoms in total. The van der Waals surface area contributed by atoms with Crippen molar-refractivity contribution in [3.8, 4) is 0 Å². The molecule has 1 aromatic heterocycles. The maximum Gasteiger partial charge on any atom is 0.0908 e. The van der Waals surface area contributed by atoms with Gasteiger partial charge in [-0.2, -0.15) is 0 Å². The summed E-state index contributed by atoms with van der Waals surface area (Å²) in [6.07, 6.45) is 7.21. The number of pyridine rings is 1. The zero-order valence-electron chi connectivity index (χ0n) is 12.3. The fraction of sp³-hybridized carbons (Fsp3) is 0.688. The summed E-state index contributed by atoms with van der Waals surface area (Å²) in [7, 11) is 0. The molecular weight excluding hydrogens is 238 g/mol. The van der Waals surface area contributed by atoms with E-state index in [2.05, 4.69) is 18.8 Å². The first-order valence-electron chi connectivity index (χ1n) is 7.31. The van der Waals surface area contributed by atoms with Crippen LogP contribution in [0.15, 0.2) is 24.5 Å². The van der Waals surface area contributed by atoms with Crippen molar-refractivity contribution in [2.45, 2.75) is 64.6 Å². The van der Waals surface area contributed by atoms with E-state index in [-0.39, 0.29) is 5.92 Å². The minimum atomic E-state index is -1.04. The Morgan fingerprint density at radius 3 is 2.63 bits per heavy atom. The fourth-order valence-electron chi connectivity index (χ4n) is 2.58. The van der Waals surface area contributed by atoms with Gasteiger partial charge in [0.15, 0.2) is 0 Å². The van der Waals surface area contributed by atoms with Gasteiger partial charge < -0.3 is 10.2 Å². The maximum absolute atomic E-state index is 10.7. The summed E-state index contributed by atoms with van der Waals surface area (Å²) in [5.74, 6) is 0.138. The SMILES string of the molecule is CCCCC(CC)C(C)(O)C(O)Cc1cccnc1. The van der Waals surface area contributed by atoms with Gasteiger partial charge in [-0.3, -0.25) is 4.98 Å². The molecule has 2 N–H and O–H groups in total. The second-order valence-electron chi connectivity index (χ2n) is 5.55. The van der Waals surface area contributed by atoms with E-state index >= 15 is 0 Å². The van der Waals surface area contributed by atoms with Crippen molar-refractivity contribution in [2.24, 2.45) is 5.92 Å². The Hall–Kier alpha value is -0.930. The van der Waals surface area contributed by atoms with Gasteiger partial charge in [-0.05, 0) is 30.9 Å². The van der Waals surface area contributed by atoms with Gasteiger partial charge in [-0.25, -0.2) is 0 Å². The molecule has 1 aromatic rings. The molecule has 0 aliphatic rings. The smallest absolute Gasteiger partial charge is 0.0908 e. The van der Waals surface area contributed by atoms with Crippen LogP contribution in [-0.4, -0.2) is 26.9 Å². The van der Waals surface area contributed by atoms with Gasteiger partial charge in [0.2, 0.25) is 0 Å². The first-order chi connectivity index (χ1) is 9.02. The van der Waals surface area contributed by atoms with Crippen LogP contribution in [0.1, 0.15) is 52.0 Å². The second-order valence-corrected chi connectivity index (χ2v) is 5.55. The first-order valence-corrected chi connectivity index (χ1v) is 7.31. The van der Waals surface area contributed by atoms with E-state index in [0.717, 1.165) is 31.2 Å². The number of aromatic nitrogens is 1. The predicted molar refractivity (Wildman–Crippen MR) is 77.9 cm³/mol. The van der Waals surface area contributed by atoms with Crippen molar-refractivity contribution in [3.05, 3.63) is 30.1 Å². The minimum Gasteiger partial charge on any atom is -0.390 e. The van der Waals surface area contributed by atoms with Gasteiger partial charge in [0.1, 0.15) is 0 Å². The second kappa shape index (κ2) is 7.61. The molecule has 3 atom stereocenters. The number of nitrogens with zero attached hydrogens (tertiary/aromatic N) is 1. The summed E-state index contributed by atoms with van der Waals surface area (Å²) >= 11 is 0. The molecule has 0 saturated carbocycles. The van der Waals surface area contributed by atoms with Crippen LogP contribution in [-0.2, 0) is 6.42 Å². The van der Waals surface area contributed by atoms with Crippen LogP contribution < -0.4 is 0 Å². The number of hydrogen-bond donors (Lipinski definition) is 2. The van der Waals surface area contributed by atoms with Gasteiger partial charge in [0.25, 0.3) is 0 Å². The highest BCUT2D eigenvalue weighted by Gasteiger charge is 2.37. The average Bonchev–Trinajstić information content (AvgIpc) is 2.40. The zero-order valence-corrected chi connectivity index (χ0v) is 12.3. The summed E-state index contributed by atoms with van der Waals surface area (Å²) in [4.78, 5) is 4.04. The van der Waals surface area contributed by atoms with Crippen LogP contribution in [0.5, 0.6) is 0 Å². The van der Waals surface area contributed by atoms with E-state index in [9.17, 15) is 10.2 Å². The topological polar surface area (TPSA) is 53.4 Å². The Balaban J connectivity index is 2.68. The van der Waals surface area contributed by atoms with Gasteiger partial charge in [-0.15, -0.1) is 0 Å². The summed E-state index contributed by atoms with van der Waals surface area (Å²) in [6, 6.07) is 3.78. The van der Waals surface area contributed by atoms with Crippen molar-refractivity contribution in [1.29, 1.82) is 0 Å². The van der Waals surface area contributed by atoms with Gasteiger partial charge in [-0.1, -0.05) is 39.2 Å². The van der Waals surface area contributed by atoms with Crippen LogP contribution in [0.3, 0.4) is 0 Å². The Morgan fingerprint density at radius 2 is 2.11 bits per heavy atom. The number of aliphatic hydroxyl groups is 2. The molecule has 0 amide bonds. The molecule has 0 aliphatic heterocycles. The summed E-state index contributed by atoms with van der Waals surface area (Å²) < 4.78 is 0. The van der Waals surface area contributed by atoms with Crippen LogP contribution in [0.4, 0.5) is 0 Å². The number of aliphatic hydroxyl groups excluding tert-OH is 1. The average molecular weight is 265 g/mol. The lowest BCUT2D eigenvalue weighted by Gasteiger charge is -2.36.